The molecule has 2 heterocycles. The molecule has 7 nitrogen and oxygen atoms in total. The third-order valence-corrected chi connectivity index (χ3v) is 4.92. The van der Waals surface area contributed by atoms with Crippen molar-refractivity contribution in [2.45, 2.75) is 13.1 Å². The highest BCUT2D eigenvalue weighted by molar-refractivity contribution is 6.64. The van der Waals surface area contributed by atoms with Crippen LogP contribution in [-0.4, -0.2) is 47.9 Å². The maximum Gasteiger partial charge on any atom is 0.339 e. The largest absolute Gasteiger partial charge is 0.472 e. The molecule has 0 aromatic rings. The highest BCUT2D eigenvalue weighted by atomic mass is 28.4. The standard InChI is InChI=1S/C14H18O7Si/c1-17-13(15)11-9-5-19-6-10(12(11)14(16)18-2)8-21-22(3,4)20-7-9/h5-6H,7-8H2,1-4H3. The lowest BCUT2D eigenvalue weighted by Crippen LogP contribution is -2.36. The van der Waals surface area contributed by atoms with Gasteiger partial charge < -0.3 is 23.1 Å². The second-order valence-corrected chi connectivity index (χ2v) is 8.51. The zero-order valence-electron chi connectivity index (χ0n) is 12.9. The van der Waals surface area contributed by atoms with Crippen LogP contribution < -0.4 is 0 Å². The molecule has 2 bridgehead atoms. The van der Waals surface area contributed by atoms with Gasteiger partial charge in [0.05, 0.1) is 51.1 Å². The fourth-order valence-corrected chi connectivity index (χ4v) is 3.15. The molecule has 120 valence electrons. The fourth-order valence-electron chi connectivity index (χ4n) is 2.06. The van der Waals surface area contributed by atoms with Gasteiger partial charge >= 0.3 is 20.5 Å². The Kier molecular flexibility index (Phi) is 4.84. The van der Waals surface area contributed by atoms with E-state index in [1.807, 2.05) is 13.1 Å². The second kappa shape index (κ2) is 6.47. The molecule has 0 N–H and O–H groups in total. The van der Waals surface area contributed by atoms with Crippen LogP contribution >= 0.6 is 0 Å². The number of hydrogen-bond donors (Lipinski definition) is 0. The zero-order valence-corrected chi connectivity index (χ0v) is 13.9. The van der Waals surface area contributed by atoms with Gasteiger partial charge in [0, 0.05) is 11.1 Å². The maximum atomic E-state index is 12.2. The molecule has 0 amide bonds. The van der Waals surface area contributed by atoms with Crippen LogP contribution in [0.15, 0.2) is 34.8 Å². The Labute approximate surface area is 129 Å². The Balaban J connectivity index is 2.62. The van der Waals surface area contributed by atoms with E-state index in [2.05, 4.69) is 0 Å². The van der Waals surface area contributed by atoms with Crippen molar-refractivity contribution in [3.63, 3.8) is 0 Å². The van der Waals surface area contributed by atoms with Gasteiger partial charge in [0.1, 0.15) is 0 Å². The molecule has 2 rings (SSSR count). The molecule has 0 unspecified atom stereocenters. The van der Waals surface area contributed by atoms with Crippen molar-refractivity contribution in [3.05, 3.63) is 34.8 Å². The number of fused-ring (bicyclic) bond motifs is 2. The first-order chi connectivity index (χ1) is 10.4. The van der Waals surface area contributed by atoms with Crippen LogP contribution in [0.4, 0.5) is 0 Å². The SMILES string of the molecule is COC(=O)C1=C(C(=O)OC)C2=COC=C1CO[Si](C)(C)OC2. The summed E-state index contributed by atoms with van der Waals surface area (Å²) in [5.41, 5.74) is 0.968. The van der Waals surface area contributed by atoms with Gasteiger partial charge in [-0.05, 0) is 13.1 Å². The topological polar surface area (TPSA) is 80.3 Å². The lowest BCUT2D eigenvalue weighted by atomic mass is 9.96. The van der Waals surface area contributed by atoms with Gasteiger partial charge in [0.2, 0.25) is 0 Å². The molecule has 22 heavy (non-hydrogen) atoms. The van der Waals surface area contributed by atoms with E-state index < -0.39 is 20.5 Å². The predicted octanol–water partition coefficient (Wildman–Crippen LogP) is 1.18. The Morgan fingerprint density at radius 2 is 1.36 bits per heavy atom. The molecule has 0 atom stereocenters. The summed E-state index contributed by atoms with van der Waals surface area (Å²) in [7, 11) is 0.0970. The third kappa shape index (κ3) is 3.29. The van der Waals surface area contributed by atoms with Gasteiger partial charge in [-0.25, -0.2) is 9.59 Å². The fraction of sp³-hybridized carbons (Fsp3) is 0.429. The first-order valence-corrected chi connectivity index (χ1v) is 9.44. The average Bonchev–Trinajstić information content (AvgIpc) is 2.66. The van der Waals surface area contributed by atoms with Crippen molar-refractivity contribution in [2.75, 3.05) is 27.4 Å². The van der Waals surface area contributed by atoms with Crippen molar-refractivity contribution < 1.29 is 32.7 Å². The summed E-state index contributed by atoms with van der Waals surface area (Å²) in [4.78, 5) is 24.4. The van der Waals surface area contributed by atoms with E-state index in [1.54, 1.807) is 0 Å². The van der Waals surface area contributed by atoms with Crippen LogP contribution in [-0.2, 0) is 32.7 Å². The number of rotatable bonds is 2. The summed E-state index contributed by atoms with van der Waals surface area (Å²) in [6.45, 7) is 3.91. The van der Waals surface area contributed by atoms with Crippen molar-refractivity contribution in [3.8, 4) is 0 Å². The lowest BCUT2D eigenvalue weighted by Gasteiger charge is -2.23. The number of carbonyl (C=O) groups is 2. The van der Waals surface area contributed by atoms with Crippen LogP contribution in [0.2, 0.25) is 13.1 Å². The summed E-state index contributed by atoms with van der Waals surface area (Å²) in [6.07, 6.45) is 2.75. The number of carbonyl (C=O) groups excluding carboxylic acids is 2. The number of ether oxygens (including phenoxy) is 3. The van der Waals surface area contributed by atoms with Crippen molar-refractivity contribution in [2.24, 2.45) is 0 Å². The first kappa shape index (κ1) is 16.5. The number of esters is 2. The minimum absolute atomic E-state index is 0.0747. The van der Waals surface area contributed by atoms with E-state index in [-0.39, 0.29) is 24.4 Å². The van der Waals surface area contributed by atoms with Gasteiger partial charge in [-0.2, -0.15) is 0 Å². The normalized spacial score (nSPS) is 20.5. The summed E-state index contributed by atoms with van der Waals surface area (Å²) in [5.74, 6) is -1.32. The molecule has 2 aliphatic heterocycles. The van der Waals surface area contributed by atoms with Gasteiger partial charge in [0.15, 0.2) is 0 Å². The summed E-state index contributed by atoms with van der Waals surface area (Å²) in [5, 5.41) is 0. The third-order valence-electron chi connectivity index (χ3n) is 3.24. The highest BCUT2D eigenvalue weighted by Crippen LogP contribution is 2.30. The molecule has 0 saturated heterocycles. The Hall–Kier alpha value is -1.90. The molecule has 0 radical (unpaired) electrons. The molecule has 0 aromatic carbocycles. The Bertz CT molecular complexity index is 538. The second-order valence-electron chi connectivity index (χ2n) is 5.13. The Morgan fingerprint density at radius 3 is 1.73 bits per heavy atom. The minimum Gasteiger partial charge on any atom is -0.472 e. The maximum absolute atomic E-state index is 12.2. The van der Waals surface area contributed by atoms with Crippen LogP contribution in [0.3, 0.4) is 0 Å². The van der Waals surface area contributed by atoms with Crippen LogP contribution in [0.1, 0.15) is 0 Å². The molecule has 0 fully saturated rings. The molecule has 0 aromatic heterocycles. The summed E-state index contributed by atoms with van der Waals surface area (Å²) < 4.78 is 26.4. The van der Waals surface area contributed by atoms with E-state index in [0.717, 1.165) is 0 Å². The monoisotopic (exact) mass is 326 g/mol. The molecule has 0 aliphatic carbocycles. The van der Waals surface area contributed by atoms with Crippen LogP contribution in [0, 0.1) is 0 Å². The van der Waals surface area contributed by atoms with E-state index >= 15 is 0 Å². The van der Waals surface area contributed by atoms with E-state index in [4.69, 9.17) is 23.1 Å². The van der Waals surface area contributed by atoms with Crippen LogP contribution in [0.5, 0.6) is 0 Å². The quantitative estimate of drug-likeness (QED) is 0.557. The molecule has 0 saturated carbocycles. The van der Waals surface area contributed by atoms with Gasteiger partial charge in [0.25, 0.3) is 0 Å². The smallest absolute Gasteiger partial charge is 0.339 e. The van der Waals surface area contributed by atoms with E-state index in [1.165, 1.54) is 26.7 Å². The predicted molar refractivity (Wildman–Crippen MR) is 77.7 cm³/mol. The van der Waals surface area contributed by atoms with Crippen molar-refractivity contribution in [1.29, 1.82) is 0 Å². The zero-order chi connectivity index (χ0) is 16.3. The molecule has 8 heteroatoms. The Morgan fingerprint density at radius 1 is 0.955 bits per heavy atom. The first-order valence-electron chi connectivity index (χ1n) is 6.62. The highest BCUT2D eigenvalue weighted by Gasteiger charge is 2.35. The molecule has 0 spiro atoms. The lowest BCUT2D eigenvalue weighted by molar-refractivity contribution is -0.139. The number of methoxy groups -OCH3 is 2. The van der Waals surface area contributed by atoms with E-state index in [0.29, 0.717) is 11.1 Å². The van der Waals surface area contributed by atoms with Gasteiger partial charge in [-0.3, -0.25) is 0 Å². The molecular weight excluding hydrogens is 308 g/mol. The van der Waals surface area contributed by atoms with Crippen molar-refractivity contribution in [1.82, 2.24) is 0 Å². The van der Waals surface area contributed by atoms with Crippen molar-refractivity contribution >= 4 is 20.5 Å². The molecular formula is C14H18O7Si. The van der Waals surface area contributed by atoms with Gasteiger partial charge in [-0.15, -0.1) is 0 Å². The van der Waals surface area contributed by atoms with Gasteiger partial charge in [-0.1, -0.05) is 0 Å². The average molecular weight is 326 g/mol. The van der Waals surface area contributed by atoms with E-state index in [9.17, 15) is 9.59 Å². The van der Waals surface area contributed by atoms with Crippen LogP contribution in [0.25, 0.3) is 0 Å². The summed E-state index contributed by atoms with van der Waals surface area (Å²) >= 11 is 0. The summed E-state index contributed by atoms with van der Waals surface area (Å²) in [6, 6.07) is 0. The number of hydrogen-bond acceptors (Lipinski definition) is 7. The molecule has 2 aliphatic rings. The minimum atomic E-state index is -2.39.